The summed E-state index contributed by atoms with van der Waals surface area (Å²) in [6, 6.07) is -1.47. The molecule has 0 fully saturated rings. The third-order valence-electron chi connectivity index (χ3n) is 8.53. The number of aliphatic carboxylic acids is 1. The summed E-state index contributed by atoms with van der Waals surface area (Å²) in [4.78, 5) is 33.4. The normalized spacial score (nSPS) is 14.2. The maximum Gasteiger partial charge on any atom is 0.472 e. The number of ether oxygens (including phenoxy) is 2. The van der Waals surface area contributed by atoms with Gasteiger partial charge in [0.05, 0.1) is 19.8 Å². The Morgan fingerprint density at radius 2 is 1.10 bits per heavy atom. The molecule has 11 heteroatoms. The van der Waals surface area contributed by atoms with E-state index in [1.54, 1.807) is 0 Å². The van der Waals surface area contributed by atoms with Crippen LogP contribution in [0.25, 0.3) is 0 Å². The molecule has 10 nitrogen and oxygen atoms in total. The number of rotatable bonds is 38. The second-order valence-electron chi connectivity index (χ2n) is 13.4. The Hall–Kier alpha value is -1.29. The predicted molar refractivity (Wildman–Crippen MR) is 199 cm³/mol. The van der Waals surface area contributed by atoms with Crippen LogP contribution in [0, 0.1) is 0 Å². The molecule has 0 spiro atoms. The zero-order valence-electron chi connectivity index (χ0n) is 31.3. The Labute approximate surface area is 299 Å². The Bertz CT molecular complexity index is 842. The summed E-state index contributed by atoms with van der Waals surface area (Å²) in [5.41, 5.74) is 5.34. The van der Waals surface area contributed by atoms with Crippen molar-refractivity contribution in [2.45, 2.75) is 193 Å². The molecular weight excluding hydrogens is 645 g/mol. The van der Waals surface area contributed by atoms with Crippen molar-refractivity contribution in [2.75, 3.05) is 26.4 Å². The summed E-state index contributed by atoms with van der Waals surface area (Å²) in [6.45, 7) is 3.82. The van der Waals surface area contributed by atoms with Crippen LogP contribution in [0.4, 0.5) is 0 Å². The number of phosphoric acid groups is 1. The summed E-state index contributed by atoms with van der Waals surface area (Å²) in [7, 11) is -4.60. The smallest absolute Gasteiger partial charge is 0.472 e. The molecule has 0 aromatic carbocycles. The van der Waals surface area contributed by atoms with E-state index in [9.17, 15) is 19.0 Å². The van der Waals surface area contributed by atoms with Crippen molar-refractivity contribution in [1.82, 2.24) is 0 Å². The van der Waals surface area contributed by atoms with Crippen LogP contribution in [-0.2, 0) is 32.7 Å². The van der Waals surface area contributed by atoms with Gasteiger partial charge >= 0.3 is 19.8 Å². The van der Waals surface area contributed by atoms with Crippen molar-refractivity contribution in [1.29, 1.82) is 0 Å². The average molecular weight is 720 g/mol. The van der Waals surface area contributed by atoms with Gasteiger partial charge in [-0.1, -0.05) is 154 Å². The summed E-state index contributed by atoms with van der Waals surface area (Å²) in [6.07, 6.45) is 34.0. The van der Waals surface area contributed by atoms with Crippen molar-refractivity contribution in [3.8, 4) is 0 Å². The van der Waals surface area contributed by atoms with Crippen LogP contribution < -0.4 is 5.73 Å². The lowest BCUT2D eigenvalue weighted by Gasteiger charge is -2.20. The van der Waals surface area contributed by atoms with Crippen molar-refractivity contribution < 1.29 is 42.7 Å². The van der Waals surface area contributed by atoms with Crippen LogP contribution in [-0.4, -0.2) is 60.5 Å². The van der Waals surface area contributed by atoms with Crippen LogP contribution >= 0.6 is 7.82 Å². The highest BCUT2D eigenvalue weighted by Gasteiger charge is 2.27. The van der Waals surface area contributed by atoms with Crippen molar-refractivity contribution >= 4 is 19.8 Å². The number of allylic oxidation sites excluding steroid dienone is 2. The molecule has 0 saturated carbocycles. The van der Waals surface area contributed by atoms with Gasteiger partial charge in [0.25, 0.3) is 0 Å². The summed E-state index contributed by atoms with van der Waals surface area (Å²) < 4.78 is 33.2. The van der Waals surface area contributed by atoms with E-state index in [-0.39, 0.29) is 13.0 Å². The fourth-order valence-electron chi connectivity index (χ4n) is 5.43. The number of carboxylic acids is 1. The number of phosphoric ester groups is 1. The largest absolute Gasteiger partial charge is 0.480 e. The molecule has 0 saturated heterocycles. The molecule has 3 atom stereocenters. The number of unbranched alkanes of at least 4 members (excludes halogenated alkanes) is 22. The maximum atomic E-state index is 12.6. The number of carbonyl (C=O) groups excluding carboxylic acids is 1. The molecule has 4 N–H and O–H groups in total. The summed E-state index contributed by atoms with van der Waals surface area (Å²) in [5.74, 6) is -1.78. The molecule has 0 bridgehead atoms. The minimum atomic E-state index is -4.60. The number of esters is 1. The van der Waals surface area contributed by atoms with E-state index in [1.807, 2.05) is 0 Å². The van der Waals surface area contributed by atoms with Gasteiger partial charge in [0.1, 0.15) is 12.1 Å². The highest BCUT2D eigenvalue weighted by atomic mass is 31.2. The number of hydrogen-bond donors (Lipinski definition) is 3. The van der Waals surface area contributed by atoms with Gasteiger partial charge in [-0.2, -0.15) is 0 Å². The fourth-order valence-corrected chi connectivity index (χ4v) is 6.21. The number of carbonyl (C=O) groups is 2. The van der Waals surface area contributed by atoms with Gasteiger partial charge in [0, 0.05) is 13.0 Å². The summed E-state index contributed by atoms with van der Waals surface area (Å²) in [5, 5.41) is 8.86. The van der Waals surface area contributed by atoms with E-state index >= 15 is 0 Å². The van der Waals surface area contributed by atoms with Gasteiger partial charge in [-0.05, 0) is 32.1 Å². The maximum absolute atomic E-state index is 12.6. The van der Waals surface area contributed by atoms with Gasteiger partial charge in [-0.15, -0.1) is 0 Å². The SMILES string of the molecule is CCC/C=C\CCCCCCCCOCC(COP(=O)(O)OCC(N)C(=O)O)OC(=O)CCCCCCCCCCCCCCCCCC. The van der Waals surface area contributed by atoms with E-state index in [2.05, 4.69) is 26.0 Å². The third-order valence-corrected chi connectivity index (χ3v) is 9.48. The van der Waals surface area contributed by atoms with Gasteiger partial charge < -0.3 is 25.2 Å². The van der Waals surface area contributed by atoms with Crippen molar-refractivity contribution in [3.05, 3.63) is 12.2 Å². The minimum Gasteiger partial charge on any atom is -0.480 e. The Kier molecular flexibility index (Phi) is 34.2. The monoisotopic (exact) mass is 720 g/mol. The standard InChI is InChI=1S/C38H74NO9P/c1-3-5-7-9-11-13-15-16-17-18-19-20-22-24-26-28-30-37(40)48-35(33-46-49(43,44)47-34-36(39)38(41)42)32-45-31-29-27-25-23-21-14-12-10-8-6-4-2/h8,10,35-36H,3-7,9,11-34,39H2,1-2H3,(H,41,42)(H,43,44)/b10-8-. The molecule has 0 heterocycles. The minimum absolute atomic E-state index is 0.0173. The lowest BCUT2D eigenvalue weighted by molar-refractivity contribution is -0.154. The van der Waals surface area contributed by atoms with Crippen LogP contribution in [0.3, 0.4) is 0 Å². The van der Waals surface area contributed by atoms with Gasteiger partial charge in [-0.3, -0.25) is 18.6 Å². The number of nitrogens with two attached hydrogens (primary N) is 1. The highest BCUT2D eigenvalue weighted by Crippen LogP contribution is 2.43. The first-order valence-electron chi connectivity index (χ1n) is 19.7. The molecule has 290 valence electrons. The second-order valence-corrected chi connectivity index (χ2v) is 14.9. The Balaban J connectivity index is 4.24. The molecule has 49 heavy (non-hydrogen) atoms. The molecule has 0 amide bonds. The molecule has 0 aromatic rings. The molecule has 0 aromatic heterocycles. The van der Waals surface area contributed by atoms with E-state index in [1.165, 1.54) is 109 Å². The van der Waals surface area contributed by atoms with Crippen LogP contribution in [0.1, 0.15) is 181 Å². The van der Waals surface area contributed by atoms with Crippen LogP contribution in [0.2, 0.25) is 0 Å². The van der Waals surface area contributed by atoms with E-state index in [0.717, 1.165) is 51.4 Å². The Morgan fingerprint density at radius 3 is 1.63 bits per heavy atom. The molecule has 3 unspecified atom stereocenters. The highest BCUT2D eigenvalue weighted by molar-refractivity contribution is 7.47. The van der Waals surface area contributed by atoms with Crippen molar-refractivity contribution in [3.63, 3.8) is 0 Å². The van der Waals surface area contributed by atoms with Crippen LogP contribution in [0.5, 0.6) is 0 Å². The summed E-state index contributed by atoms with van der Waals surface area (Å²) >= 11 is 0. The zero-order valence-corrected chi connectivity index (χ0v) is 32.2. The first-order chi connectivity index (χ1) is 23.7. The first kappa shape index (κ1) is 47.7. The van der Waals surface area contributed by atoms with Crippen molar-refractivity contribution in [2.24, 2.45) is 5.73 Å². The second kappa shape index (κ2) is 35.1. The Morgan fingerprint density at radius 1 is 0.633 bits per heavy atom. The van der Waals surface area contributed by atoms with E-state index in [4.69, 9.17) is 29.4 Å². The van der Waals surface area contributed by atoms with Gasteiger partial charge in [-0.25, -0.2) is 4.57 Å². The molecule has 0 aliphatic rings. The lowest BCUT2D eigenvalue weighted by atomic mass is 10.0. The molecular formula is C38H74NO9P. The van der Waals surface area contributed by atoms with Gasteiger partial charge in [0.15, 0.2) is 0 Å². The molecule has 0 aliphatic carbocycles. The van der Waals surface area contributed by atoms with Crippen LogP contribution in [0.15, 0.2) is 12.2 Å². The molecule has 0 aliphatic heterocycles. The first-order valence-corrected chi connectivity index (χ1v) is 21.2. The predicted octanol–water partition coefficient (Wildman–Crippen LogP) is 10.2. The quantitative estimate of drug-likeness (QED) is 0.0243. The third kappa shape index (κ3) is 34.9. The van der Waals surface area contributed by atoms with E-state index < -0.39 is 45.1 Å². The average Bonchev–Trinajstić information content (AvgIpc) is 3.07. The number of hydrogen-bond acceptors (Lipinski definition) is 8. The topological polar surface area (TPSA) is 155 Å². The molecule has 0 rings (SSSR count). The molecule has 0 radical (unpaired) electrons. The zero-order chi connectivity index (χ0) is 36.3. The fraction of sp³-hybridized carbons (Fsp3) is 0.895. The number of carboxylic acid groups (broad SMARTS) is 1. The van der Waals surface area contributed by atoms with E-state index in [0.29, 0.717) is 6.61 Å². The van der Waals surface area contributed by atoms with Gasteiger partial charge in [0.2, 0.25) is 0 Å². The lowest BCUT2D eigenvalue weighted by Crippen LogP contribution is -2.34.